The molecule has 2 aromatic carbocycles. The van der Waals surface area contributed by atoms with E-state index in [9.17, 15) is 28.8 Å². The van der Waals surface area contributed by atoms with Crippen molar-refractivity contribution in [1.29, 1.82) is 0 Å². The molecule has 0 bridgehead atoms. The molecule has 2 aliphatic rings. The first-order chi connectivity index (χ1) is 40.4. The first kappa shape index (κ1) is 72.0. The number of hydrogen-bond donors (Lipinski definition) is 3. The van der Waals surface area contributed by atoms with Crippen molar-refractivity contribution in [3.8, 4) is 0 Å². The molecule has 4 rings (SSSR count). The van der Waals surface area contributed by atoms with Gasteiger partial charge in [0.2, 0.25) is 5.91 Å². The molecule has 0 spiro atoms. The van der Waals surface area contributed by atoms with Crippen molar-refractivity contribution in [3.05, 3.63) is 108 Å². The summed E-state index contributed by atoms with van der Waals surface area (Å²) in [5, 5.41) is 9.03. The monoisotopic (exact) mass is 1190 g/mol. The maximum absolute atomic E-state index is 15.0. The number of Topliss-reactive ketones (excluding diaryl/α,β-unsaturated/α-hetero) is 3. The number of benzene rings is 2. The Labute approximate surface area is 515 Å². The molecule has 472 valence electrons. The highest BCUT2D eigenvalue weighted by Gasteiger charge is 2.45. The molecule has 2 aromatic rings. The fourth-order valence-corrected chi connectivity index (χ4v) is 13.4. The van der Waals surface area contributed by atoms with E-state index in [1.165, 1.54) is 22.2 Å². The van der Waals surface area contributed by atoms with Gasteiger partial charge in [-0.1, -0.05) is 156 Å². The molecule has 0 radical (unpaired) electrons. The van der Waals surface area contributed by atoms with E-state index in [2.05, 4.69) is 81.9 Å². The second kappa shape index (κ2) is 36.0. The van der Waals surface area contributed by atoms with Gasteiger partial charge in [0, 0.05) is 70.5 Å². The van der Waals surface area contributed by atoms with Crippen LogP contribution < -0.4 is 16.0 Å². The van der Waals surface area contributed by atoms with Crippen LogP contribution in [-0.2, 0) is 44.7 Å². The second-order valence-corrected chi connectivity index (χ2v) is 25.9. The van der Waals surface area contributed by atoms with Crippen LogP contribution in [0.25, 0.3) is 0 Å². The number of nitrogens with one attached hydrogen (secondary N) is 3. The van der Waals surface area contributed by atoms with Crippen molar-refractivity contribution in [2.75, 3.05) is 50.5 Å². The first-order valence-corrected chi connectivity index (χ1v) is 32.7. The molecule has 0 saturated heterocycles. The molecule has 1 saturated carbocycles. The summed E-state index contributed by atoms with van der Waals surface area (Å²) >= 11 is 1.43. The zero-order valence-electron chi connectivity index (χ0n) is 54.1. The van der Waals surface area contributed by atoms with Crippen molar-refractivity contribution in [3.63, 3.8) is 0 Å². The highest BCUT2D eigenvalue weighted by Crippen LogP contribution is 2.44. The summed E-state index contributed by atoms with van der Waals surface area (Å²) in [7, 11) is 4.90. The third-order valence-electron chi connectivity index (χ3n) is 18.3. The van der Waals surface area contributed by atoms with Gasteiger partial charge in [-0.3, -0.25) is 24.5 Å². The quantitative estimate of drug-likeness (QED) is 0.0440. The van der Waals surface area contributed by atoms with Gasteiger partial charge in [-0.05, 0) is 127 Å². The Bertz CT molecular complexity index is 2570. The molecule has 85 heavy (non-hydrogen) atoms. The lowest BCUT2D eigenvalue weighted by molar-refractivity contribution is -0.135. The zero-order valence-corrected chi connectivity index (χ0v) is 54.9. The van der Waals surface area contributed by atoms with Crippen LogP contribution in [0.2, 0.25) is 0 Å². The van der Waals surface area contributed by atoms with E-state index in [-0.39, 0.29) is 108 Å². The standard InChI is InChI=1S/C70H106N4O10S/c1-18-45(6)65(62(81-15)40-61(76)56-32-27-33-57(56)68(82-16)51(12)60(75)38-46(7)48(9)54-28-23-22-24-29-54)50(11)49(10)64(43(2)3)52(13)67(78)66(44(4)5)74(14)70(80)83-41-53-34-35-58(73-69(79)84-55-30-25-20-19-21-26-31-55)59(39-53)72-47(8)36-37-71-63(77)42-85-17/h22-25,28-30,34-35,39,43-46,48,50-51,55-57,62,64-66,68,72H,8,10,13,18-21,26-27,31-33,36-38,40-42H2,1-7,9,11-12,14-17H3,(H,71,77)(H,73,79)/b30-25+/t45?,46-,48+,50?,51?,55?,56?,57?,62?,64?,65?,66-,68?/m0/s1. The van der Waals surface area contributed by atoms with E-state index in [1.807, 2.05) is 65.1 Å². The van der Waals surface area contributed by atoms with Gasteiger partial charge in [-0.2, -0.15) is 11.8 Å². The Morgan fingerprint density at radius 3 is 2.12 bits per heavy atom. The van der Waals surface area contributed by atoms with Crippen molar-refractivity contribution in [2.45, 2.75) is 183 Å². The Morgan fingerprint density at radius 2 is 1.48 bits per heavy atom. The molecule has 2 aliphatic carbocycles. The molecular weight excluding hydrogens is 1090 g/mol. The third kappa shape index (κ3) is 21.1. The predicted molar refractivity (Wildman–Crippen MR) is 346 cm³/mol. The van der Waals surface area contributed by atoms with Crippen molar-refractivity contribution >= 4 is 58.6 Å². The minimum atomic E-state index is -0.921. The molecule has 3 N–H and O–H groups in total. The van der Waals surface area contributed by atoms with E-state index in [1.54, 1.807) is 39.5 Å². The topological polar surface area (TPSA) is 179 Å². The molecule has 10 unspecified atom stereocenters. The summed E-state index contributed by atoms with van der Waals surface area (Å²) in [4.78, 5) is 84.5. The number of hydrogen-bond acceptors (Lipinski definition) is 12. The summed E-state index contributed by atoms with van der Waals surface area (Å²) in [6.45, 7) is 34.1. The number of carbonyl (C=O) groups excluding carboxylic acids is 6. The minimum Gasteiger partial charge on any atom is -0.445 e. The molecule has 0 aliphatic heterocycles. The van der Waals surface area contributed by atoms with Gasteiger partial charge in [0.15, 0.2) is 5.78 Å². The van der Waals surface area contributed by atoms with Gasteiger partial charge in [-0.15, -0.1) is 0 Å². The van der Waals surface area contributed by atoms with Crippen LogP contribution >= 0.6 is 11.8 Å². The lowest BCUT2D eigenvalue weighted by atomic mass is 9.67. The molecular formula is C70H106N4O10S. The van der Waals surface area contributed by atoms with Gasteiger partial charge in [0.25, 0.3) is 0 Å². The molecule has 13 atom stereocenters. The number of carbonyl (C=O) groups is 6. The maximum atomic E-state index is 15.0. The summed E-state index contributed by atoms with van der Waals surface area (Å²) in [6.07, 6.45) is 12.4. The van der Waals surface area contributed by atoms with Crippen molar-refractivity contribution in [1.82, 2.24) is 10.2 Å². The van der Waals surface area contributed by atoms with E-state index in [0.717, 1.165) is 63.4 Å². The Balaban J connectivity index is 1.49. The highest BCUT2D eigenvalue weighted by molar-refractivity contribution is 7.99. The van der Waals surface area contributed by atoms with E-state index < -0.39 is 30.3 Å². The highest BCUT2D eigenvalue weighted by atomic mass is 32.2. The number of rotatable bonds is 35. The largest absolute Gasteiger partial charge is 0.445 e. The lowest BCUT2D eigenvalue weighted by Gasteiger charge is -2.40. The molecule has 1 fully saturated rings. The number of amides is 3. The van der Waals surface area contributed by atoms with Crippen LogP contribution in [0.3, 0.4) is 0 Å². The number of allylic oxidation sites excluding steroid dienone is 2. The molecule has 0 aromatic heterocycles. The van der Waals surface area contributed by atoms with Crippen LogP contribution in [0.1, 0.15) is 163 Å². The zero-order chi connectivity index (χ0) is 63.1. The van der Waals surface area contributed by atoms with Crippen molar-refractivity contribution < 1.29 is 47.7 Å². The van der Waals surface area contributed by atoms with Crippen LogP contribution in [-0.4, -0.2) is 105 Å². The average Bonchev–Trinajstić information content (AvgIpc) is 4.16. The number of thioether (sulfide) groups is 1. The predicted octanol–water partition coefficient (Wildman–Crippen LogP) is 15.2. The van der Waals surface area contributed by atoms with Crippen LogP contribution in [0.5, 0.6) is 0 Å². The van der Waals surface area contributed by atoms with E-state index in [4.69, 9.17) is 25.5 Å². The van der Waals surface area contributed by atoms with Crippen LogP contribution in [0.15, 0.2) is 97.3 Å². The Kier molecular flexibility index (Phi) is 30.4. The molecule has 14 nitrogen and oxygen atoms in total. The third-order valence-corrected chi connectivity index (χ3v) is 18.9. The van der Waals surface area contributed by atoms with E-state index in [0.29, 0.717) is 53.3 Å². The number of likely N-dealkylation sites (N-methyl/N-ethyl adjacent to an activating group) is 1. The van der Waals surface area contributed by atoms with E-state index >= 15 is 0 Å². The number of anilines is 2. The molecule has 3 amide bonds. The SMILES string of the molecule is C=C(CCNC(=O)CSC)Nc1cc(COC(=O)N(C)[C@H](C(=O)C(=C)C(C(=C)C(C)C(C(C)CC)C(CC(=O)C2CCCC2C(OC)C(C)C(=O)C[C@H](C)[C@@H](C)c2ccccc2)OC)C(C)C)C(C)C)ccc1NC(=O)OC1/C=C/CCCCC1. The number of nitrogens with zero attached hydrogens (tertiary/aromatic N) is 1. The lowest BCUT2D eigenvalue weighted by Crippen LogP contribution is -2.47. The van der Waals surface area contributed by atoms with Crippen molar-refractivity contribution in [2.24, 2.45) is 59.2 Å². The van der Waals surface area contributed by atoms with Gasteiger partial charge < -0.3 is 34.5 Å². The van der Waals surface area contributed by atoms with Gasteiger partial charge in [0.05, 0.1) is 29.3 Å². The summed E-state index contributed by atoms with van der Waals surface area (Å²) in [5.41, 5.74) is 4.46. The Morgan fingerprint density at radius 1 is 0.776 bits per heavy atom. The summed E-state index contributed by atoms with van der Waals surface area (Å²) in [6, 6.07) is 14.6. The maximum Gasteiger partial charge on any atom is 0.412 e. The van der Waals surface area contributed by atoms with Crippen LogP contribution in [0, 0.1) is 59.2 Å². The van der Waals surface area contributed by atoms with Gasteiger partial charge in [-0.25, -0.2) is 9.59 Å². The van der Waals surface area contributed by atoms with Crippen LogP contribution in [0.4, 0.5) is 21.0 Å². The van der Waals surface area contributed by atoms with Gasteiger partial charge >= 0.3 is 12.2 Å². The minimum absolute atomic E-state index is 0.0804. The summed E-state index contributed by atoms with van der Waals surface area (Å²) < 4.78 is 24.2. The summed E-state index contributed by atoms with van der Waals surface area (Å²) in [5.74, 6) is -1.23. The fourth-order valence-electron chi connectivity index (χ4n) is 13.1. The second-order valence-electron chi connectivity index (χ2n) is 25.1. The van der Waals surface area contributed by atoms with Gasteiger partial charge in [0.1, 0.15) is 30.3 Å². The number of ether oxygens (including phenoxy) is 4. The molecule has 0 heterocycles. The Hall–Kier alpha value is -5.51. The molecule has 15 heteroatoms. The fraction of sp³-hybridized carbons (Fsp3) is 0.629. The smallest absolute Gasteiger partial charge is 0.412 e. The number of methoxy groups -OCH3 is 2. The average molecular weight is 1200 g/mol. The first-order valence-electron chi connectivity index (χ1n) is 31.4. The number of ketones is 3. The normalized spacial score (nSPS) is 20.1.